The third kappa shape index (κ3) is 6.35. The second kappa shape index (κ2) is 11.9. The van der Waals surface area contributed by atoms with Gasteiger partial charge in [-0.3, -0.25) is 4.79 Å². The molecule has 1 heterocycles. The highest BCUT2D eigenvalue weighted by Gasteiger charge is 2.14. The first kappa shape index (κ1) is 25.5. The molecule has 0 saturated carbocycles. The van der Waals surface area contributed by atoms with Gasteiger partial charge in [0.2, 0.25) is 0 Å². The number of hydrogen-bond donors (Lipinski definition) is 1. The standard InChI is InChI=1S/C29H27FN2O5/c1-4-6-21-13-20(14-26(34-3)28(21)36-18-19-7-9-23(30)10-8-19)17-31-32-29(33)27-16-22-15-24(35-5-2)11-12-25(22)37-27/h4,7-17H,1,5-6,18H2,2-3H3,(H,32,33)/b31-17+. The maximum atomic E-state index is 13.2. The summed E-state index contributed by atoms with van der Waals surface area (Å²) in [5, 5.41) is 4.84. The first-order valence-electron chi connectivity index (χ1n) is 11.7. The summed E-state index contributed by atoms with van der Waals surface area (Å²) in [6, 6.07) is 16.7. The first-order valence-corrected chi connectivity index (χ1v) is 11.7. The molecule has 0 aliphatic heterocycles. The molecule has 1 amide bonds. The van der Waals surface area contributed by atoms with Gasteiger partial charge in [0.1, 0.15) is 23.8 Å². The zero-order valence-corrected chi connectivity index (χ0v) is 20.6. The van der Waals surface area contributed by atoms with E-state index in [1.165, 1.54) is 18.3 Å². The average molecular weight is 503 g/mol. The molecule has 3 aromatic carbocycles. The topological polar surface area (TPSA) is 82.3 Å². The fourth-order valence-electron chi connectivity index (χ4n) is 3.73. The molecule has 1 N–H and O–H groups in total. The van der Waals surface area contributed by atoms with E-state index < -0.39 is 5.91 Å². The minimum atomic E-state index is -0.483. The summed E-state index contributed by atoms with van der Waals surface area (Å²) >= 11 is 0. The van der Waals surface area contributed by atoms with Crippen molar-refractivity contribution in [3.63, 3.8) is 0 Å². The van der Waals surface area contributed by atoms with Crippen molar-refractivity contribution < 1.29 is 27.8 Å². The van der Waals surface area contributed by atoms with E-state index in [4.69, 9.17) is 18.6 Å². The lowest BCUT2D eigenvalue weighted by atomic mass is 10.1. The van der Waals surface area contributed by atoms with Crippen LogP contribution in [0.4, 0.5) is 4.39 Å². The Kier molecular flexibility index (Phi) is 8.20. The summed E-state index contributed by atoms with van der Waals surface area (Å²) in [4.78, 5) is 12.6. The van der Waals surface area contributed by atoms with Crippen LogP contribution in [0.5, 0.6) is 17.2 Å². The number of halogens is 1. The van der Waals surface area contributed by atoms with Crippen LogP contribution in [0.1, 0.15) is 34.2 Å². The number of nitrogens with one attached hydrogen (secondary N) is 1. The van der Waals surface area contributed by atoms with Gasteiger partial charge in [-0.2, -0.15) is 5.10 Å². The molecule has 0 bridgehead atoms. The zero-order valence-electron chi connectivity index (χ0n) is 20.6. The molecule has 4 rings (SSSR count). The number of amides is 1. The third-order valence-electron chi connectivity index (χ3n) is 5.44. The Morgan fingerprint density at radius 2 is 1.92 bits per heavy atom. The summed E-state index contributed by atoms with van der Waals surface area (Å²) < 4.78 is 35.9. The second-order valence-corrected chi connectivity index (χ2v) is 8.06. The number of allylic oxidation sites excluding steroid dienone is 1. The van der Waals surface area contributed by atoms with Crippen molar-refractivity contribution in [1.82, 2.24) is 5.43 Å². The lowest BCUT2D eigenvalue weighted by molar-refractivity contribution is 0.0929. The molecule has 37 heavy (non-hydrogen) atoms. The second-order valence-electron chi connectivity index (χ2n) is 8.06. The van der Waals surface area contributed by atoms with Crippen molar-refractivity contribution in [2.45, 2.75) is 20.0 Å². The highest BCUT2D eigenvalue weighted by molar-refractivity contribution is 5.96. The quantitative estimate of drug-likeness (QED) is 0.153. The summed E-state index contributed by atoms with van der Waals surface area (Å²) in [5.74, 6) is 1.10. The molecule has 0 aliphatic carbocycles. The fraction of sp³-hybridized carbons (Fsp3) is 0.172. The number of carbonyl (C=O) groups is 1. The molecule has 0 unspecified atom stereocenters. The van der Waals surface area contributed by atoms with Crippen LogP contribution < -0.4 is 19.6 Å². The van der Waals surface area contributed by atoms with Gasteiger partial charge in [0.05, 0.1) is 19.9 Å². The molecule has 190 valence electrons. The minimum Gasteiger partial charge on any atom is -0.494 e. The first-order chi connectivity index (χ1) is 18.0. The highest BCUT2D eigenvalue weighted by Crippen LogP contribution is 2.34. The van der Waals surface area contributed by atoms with Gasteiger partial charge in [-0.15, -0.1) is 6.58 Å². The SMILES string of the molecule is C=CCc1cc(/C=N/NC(=O)c2cc3cc(OCC)ccc3o2)cc(OC)c1OCc1ccc(F)cc1. The van der Waals surface area contributed by atoms with E-state index in [1.807, 2.05) is 19.1 Å². The number of hydrazone groups is 1. The molecule has 0 fully saturated rings. The van der Waals surface area contributed by atoms with Crippen LogP contribution in [-0.2, 0) is 13.0 Å². The Labute approximate surface area is 214 Å². The molecule has 1 aromatic heterocycles. The number of fused-ring (bicyclic) bond motifs is 1. The molecular formula is C29H27FN2O5. The molecule has 0 radical (unpaired) electrons. The van der Waals surface area contributed by atoms with Gasteiger partial charge in [0, 0.05) is 10.9 Å². The van der Waals surface area contributed by atoms with Gasteiger partial charge in [0.15, 0.2) is 17.3 Å². The van der Waals surface area contributed by atoms with Gasteiger partial charge in [-0.05, 0) is 73.0 Å². The average Bonchev–Trinajstić information content (AvgIpc) is 3.33. The number of furan rings is 1. The van der Waals surface area contributed by atoms with Gasteiger partial charge < -0.3 is 18.6 Å². The van der Waals surface area contributed by atoms with Crippen molar-refractivity contribution in [2.75, 3.05) is 13.7 Å². The lowest BCUT2D eigenvalue weighted by Gasteiger charge is -2.16. The molecule has 8 heteroatoms. The summed E-state index contributed by atoms with van der Waals surface area (Å²) in [6.45, 7) is 6.51. The van der Waals surface area contributed by atoms with E-state index in [9.17, 15) is 9.18 Å². The van der Waals surface area contributed by atoms with Gasteiger partial charge in [0.25, 0.3) is 0 Å². The van der Waals surface area contributed by atoms with Gasteiger partial charge in [-0.25, -0.2) is 9.82 Å². The van der Waals surface area contributed by atoms with E-state index in [2.05, 4.69) is 17.1 Å². The number of carbonyl (C=O) groups excluding carboxylic acids is 1. The Hall–Kier alpha value is -4.59. The van der Waals surface area contributed by atoms with Crippen molar-refractivity contribution in [1.29, 1.82) is 0 Å². The number of benzene rings is 3. The molecule has 0 aliphatic rings. The molecule has 0 atom stereocenters. The number of methoxy groups -OCH3 is 1. The maximum Gasteiger partial charge on any atom is 0.307 e. The normalized spacial score (nSPS) is 11.0. The smallest absolute Gasteiger partial charge is 0.307 e. The van der Waals surface area contributed by atoms with Gasteiger partial charge >= 0.3 is 5.91 Å². The van der Waals surface area contributed by atoms with Crippen LogP contribution in [0.15, 0.2) is 82.8 Å². The lowest BCUT2D eigenvalue weighted by Crippen LogP contribution is -2.16. The number of hydrogen-bond acceptors (Lipinski definition) is 6. The summed E-state index contributed by atoms with van der Waals surface area (Å²) in [6.07, 6.45) is 3.78. The minimum absolute atomic E-state index is 0.135. The van der Waals surface area contributed by atoms with Crippen LogP contribution in [-0.4, -0.2) is 25.8 Å². The van der Waals surface area contributed by atoms with Crippen LogP contribution >= 0.6 is 0 Å². The zero-order chi connectivity index (χ0) is 26.2. The predicted molar refractivity (Wildman–Crippen MR) is 140 cm³/mol. The molecular weight excluding hydrogens is 475 g/mol. The Morgan fingerprint density at radius 1 is 1.11 bits per heavy atom. The molecule has 4 aromatic rings. The van der Waals surface area contributed by atoms with Crippen molar-refractivity contribution in [3.8, 4) is 17.2 Å². The fourth-order valence-corrected chi connectivity index (χ4v) is 3.73. The number of nitrogens with zero attached hydrogens (tertiary/aromatic N) is 1. The molecule has 7 nitrogen and oxygen atoms in total. The van der Waals surface area contributed by atoms with Crippen molar-refractivity contribution in [2.24, 2.45) is 5.10 Å². The van der Waals surface area contributed by atoms with E-state index in [0.29, 0.717) is 41.4 Å². The number of rotatable bonds is 11. The van der Waals surface area contributed by atoms with E-state index >= 15 is 0 Å². The Balaban J connectivity index is 1.48. The molecule has 0 saturated heterocycles. The van der Waals surface area contributed by atoms with Crippen LogP contribution in [0.2, 0.25) is 0 Å². The maximum absolute atomic E-state index is 13.2. The Bertz CT molecular complexity index is 1430. The summed E-state index contributed by atoms with van der Waals surface area (Å²) in [7, 11) is 1.54. The third-order valence-corrected chi connectivity index (χ3v) is 5.44. The summed E-state index contributed by atoms with van der Waals surface area (Å²) in [5.41, 5.74) is 5.40. The molecule has 0 spiro atoms. The number of ether oxygens (including phenoxy) is 3. The Morgan fingerprint density at radius 3 is 2.65 bits per heavy atom. The van der Waals surface area contributed by atoms with Crippen molar-refractivity contribution in [3.05, 3.63) is 102 Å². The van der Waals surface area contributed by atoms with Crippen LogP contribution in [0.25, 0.3) is 11.0 Å². The van der Waals surface area contributed by atoms with Crippen LogP contribution in [0, 0.1) is 5.82 Å². The largest absolute Gasteiger partial charge is 0.494 e. The van der Waals surface area contributed by atoms with E-state index in [-0.39, 0.29) is 18.2 Å². The van der Waals surface area contributed by atoms with Gasteiger partial charge in [-0.1, -0.05) is 18.2 Å². The van der Waals surface area contributed by atoms with E-state index in [1.54, 1.807) is 49.6 Å². The predicted octanol–water partition coefficient (Wildman–Crippen LogP) is 6.05. The monoisotopic (exact) mass is 502 g/mol. The van der Waals surface area contributed by atoms with Crippen LogP contribution in [0.3, 0.4) is 0 Å². The van der Waals surface area contributed by atoms with E-state index in [0.717, 1.165) is 16.5 Å². The highest BCUT2D eigenvalue weighted by atomic mass is 19.1. The van der Waals surface area contributed by atoms with Crippen molar-refractivity contribution >= 4 is 23.1 Å².